The highest BCUT2D eigenvalue weighted by Gasteiger charge is 2.36. The van der Waals surface area contributed by atoms with Crippen LogP contribution in [-0.2, 0) is 10.9 Å². The van der Waals surface area contributed by atoms with Gasteiger partial charge in [-0.15, -0.1) is 0 Å². The summed E-state index contributed by atoms with van der Waals surface area (Å²) in [5.41, 5.74) is -0.168. The number of morpholine rings is 1. The third-order valence-electron chi connectivity index (χ3n) is 5.09. The molecule has 0 spiro atoms. The maximum absolute atomic E-state index is 13.5. The number of pyridine rings is 1. The molecule has 3 aromatic rings. The molecule has 4 rings (SSSR count). The largest absolute Gasteiger partial charge is 0.419 e. The molecular formula is C18H21F3N6OSi. The summed E-state index contributed by atoms with van der Waals surface area (Å²) in [4.78, 5) is 20.5. The van der Waals surface area contributed by atoms with Crippen molar-refractivity contribution in [1.29, 1.82) is 0 Å². The molecule has 0 aliphatic carbocycles. The first-order chi connectivity index (χ1) is 13.9. The van der Waals surface area contributed by atoms with Crippen LogP contribution in [0.3, 0.4) is 0 Å². The zero-order chi connectivity index (χ0) is 20.6. The fourth-order valence-electron chi connectivity index (χ4n) is 3.56. The number of hydrogen-bond acceptors (Lipinski definition) is 6. The Morgan fingerprint density at radius 2 is 2.17 bits per heavy atom. The summed E-state index contributed by atoms with van der Waals surface area (Å²) in [6.45, 7) is 4.08. The van der Waals surface area contributed by atoms with Crippen LogP contribution in [-0.4, -0.2) is 56.1 Å². The summed E-state index contributed by atoms with van der Waals surface area (Å²) in [7, 11) is 0.523. The number of aromatic amines is 1. The molecule has 154 valence electrons. The summed E-state index contributed by atoms with van der Waals surface area (Å²) >= 11 is 0. The molecule has 0 amide bonds. The standard InChI is InChI=1S/C18H21F3N6OSi/c1-2-10-9-28-6-5-27(10)14-4-3-11-12(7-22-16(11)24-14)15-13(18(19,20)21)8-23-17(25-15)26-29/h3-4,7-8,10H,2,5-6,9H2,1,29H3,(H,22,24)(H,23,25,26)/t10-/m0/s1. The van der Waals surface area contributed by atoms with Gasteiger partial charge < -0.3 is 19.6 Å². The Morgan fingerprint density at radius 1 is 1.34 bits per heavy atom. The average molecular weight is 422 g/mol. The molecule has 0 radical (unpaired) electrons. The Hall–Kier alpha value is -2.66. The SMILES string of the molecule is CC[C@H]1COCCN1c1ccc2c(-c3nc(N[SiH3])ncc3C(F)(F)F)c[nH]c2n1. The lowest BCUT2D eigenvalue weighted by Crippen LogP contribution is -2.45. The van der Waals surface area contributed by atoms with Gasteiger partial charge in [-0.3, -0.25) is 0 Å². The summed E-state index contributed by atoms with van der Waals surface area (Å²) in [5.74, 6) is 0.958. The summed E-state index contributed by atoms with van der Waals surface area (Å²) < 4.78 is 46.1. The highest BCUT2D eigenvalue weighted by molar-refractivity contribution is 6.15. The van der Waals surface area contributed by atoms with Gasteiger partial charge in [0.15, 0.2) is 0 Å². The second-order valence-electron chi connectivity index (χ2n) is 6.80. The molecule has 11 heteroatoms. The van der Waals surface area contributed by atoms with E-state index in [1.54, 1.807) is 6.07 Å². The van der Waals surface area contributed by atoms with Crippen molar-refractivity contribution in [2.24, 2.45) is 0 Å². The van der Waals surface area contributed by atoms with Crippen molar-refractivity contribution >= 4 is 33.2 Å². The van der Waals surface area contributed by atoms with Gasteiger partial charge in [-0.2, -0.15) is 13.2 Å². The second-order valence-corrected chi connectivity index (χ2v) is 7.30. The lowest BCUT2D eigenvalue weighted by Gasteiger charge is -2.36. The third kappa shape index (κ3) is 3.67. The van der Waals surface area contributed by atoms with E-state index in [-0.39, 0.29) is 17.7 Å². The van der Waals surface area contributed by atoms with Crippen molar-refractivity contribution < 1.29 is 17.9 Å². The van der Waals surface area contributed by atoms with E-state index >= 15 is 0 Å². The highest BCUT2D eigenvalue weighted by Crippen LogP contribution is 2.38. The number of halogens is 3. The van der Waals surface area contributed by atoms with Gasteiger partial charge in [-0.25, -0.2) is 15.0 Å². The summed E-state index contributed by atoms with van der Waals surface area (Å²) in [5, 5.41) is 0.582. The zero-order valence-electron chi connectivity index (χ0n) is 16.0. The first kappa shape index (κ1) is 19.6. The number of alkyl halides is 3. The lowest BCUT2D eigenvalue weighted by molar-refractivity contribution is -0.137. The van der Waals surface area contributed by atoms with E-state index in [0.717, 1.165) is 25.0 Å². The first-order valence-corrected chi connectivity index (χ1v) is 10.4. The minimum Gasteiger partial charge on any atom is -0.389 e. The average Bonchev–Trinajstić information content (AvgIpc) is 3.15. The third-order valence-corrected chi connectivity index (χ3v) is 5.54. The van der Waals surface area contributed by atoms with Crippen LogP contribution in [0.4, 0.5) is 24.9 Å². The molecule has 4 heterocycles. The number of ether oxygens (including phenoxy) is 1. The number of nitrogens with one attached hydrogen (secondary N) is 2. The highest BCUT2D eigenvalue weighted by atomic mass is 28.2. The Kier molecular flexibility index (Phi) is 5.17. The molecule has 29 heavy (non-hydrogen) atoms. The Balaban J connectivity index is 1.79. The maximum atomic E-state index is 13.5. The van der Waals surface area contributed by atoms with E-state index in [4.69, 9.17) is 4.74 Å². The number of rotatable bonds is 4. The molecule has 7 nitrogen and oxygen atoms in total. The second kappa shape index (κ2) is 7.63. The molecule has 3 aromatic heterocycles. The van der Waals surface area contributed by atoms with E-state index in [0.29, 0.717) is 40.2 Å². The molecule has 1 aliphatic heterocycles. The molecule has 1 saturated heterocycles. The van der Waals surface area contributed by atoms with Crippen molar-refractivity contribution in [2.45, 2.75) is 25.6 Å². The summed E-state index contributed by atoms with van der Waals surface area (Å²) in [6.07, 6.45) is -1.30. The topological polar surface area (TPSA) is 79.0 Å². The number of anilines is 2. The quantitative estimate of drug-likeness (QED) is 0.629. The zero-order valence-corrected chi connectivity index (χ0v) is 18.0. The number of H-pyrrole nitrogens is 1. The molecule has 0 unspecified atom stereocenters. The van der Waals surface area contributed by atoms with Gasteiger partial charge in [0.2, 0.25) is 5.95 Å². The van der Waals surface area contributed by atoms with Crippen LogP contribution in [0.15, 0.2) is 24.5 Å². The molecular weight excluding hydrogens is 401 g/mol. The maximum Gasteiger partial charge on any atom is 0.419 e. The van der Waals surface area contributed by atoms with Crippen LogP contribution in [0, 0.1) is 0 Å². The van der Waals surface area contributed by atoms with Crippen LogP contribution in [0.5, 0.6) is 0 Å². The van der Waals surface area contributed by atoms with Gasteiger partial charge in [-0.1, -0.05) is 6.92 Å². The van der Waals surface area contributed by atoms with Gasteiger partial charge in [0.05, 0.1) is 24.9 Å². The fraction of sp³-hybridized carbons (Fsp3) is 0.389. The predicted molar refractivity (Wildman–Crippen MR) is 108 cm³/mol. The molecule has 0 saturated carbocycles. The van der Waals surface area contributed by atoms with Crippen LogP contribution in [0.1, 0.15) is 18.9 Å². The van der Waals surface area contributed by atoms with E-state index in [2.05, 4.69) is 36.7 Å². The van der Waals surface area contributed by atoms with Gasteiger partial charge in [0, 0.05) is 29.9 Å². The van der Waals surface area contributed by atoms with Crippen molar-refractivity contribution in [2.75, 3.05) is 29.6 Å². The lowest BCUT2D eigenvalue weighted by atomic mass is 10.1. The van der Waals surface area contributed by atoms with Crippen LogP contribution in [0.2, 0.25) is 0 Å². The van der Waals surface area contributed by atoms with Gasteiger partial charge in [0.25, 0.3) is 0 Å². The number of aromatic nitrogens is 4. The molecule has 1 atom stereocenters. The summed E-state index contributed by atoms with van der Waals surface area (Å²) in [6, 6.07) is 3.86. The predicted octanol–water partition coefficient (Wildman–Crippen LogP) is 2.35. The van der Waals surface area contributed by atoms with Crippen LogP contribution in [0.25, 0.3) is 22.3 Å². The normalized spacial score (nSPS) is 17.8. The molecule has 1 aliphatic rings. The van der Waals surface area contributed by atoms with E-state index in [1.165, 1.54) is 6.20 Å². The Morgan fingerprint density at radius 3 is 2.90 bits per heavy atom. The molecule has 1 fully saturated rings. The minimum absolute atomic E-state index is 0.163. The van der Waals surface area contributed by atoms with E-state index in [1.807, 2.05) is 6.07 Å². The van der Waals surface area contributed by atoms with Gasteiger partial charge in [0.1, 0.15) is 27.4 Å². The minimum atomic E-state index is -4.56. The van der Waals surface area contributed by atoms with E-state index in [9.17, 15) is 13.2 Å². The Bertz CT molecular complexity index is 1020. The van der Waals surface area contributed by atoms with Gasteiger partial charge in [-0.05, 0) is 18.6 Å². The number of nitrogens with zero attached hydrogens (tertiary/aromatic N) is 4. The van der Waals surface area contributed by atoms with Crippen molar-refractivity contribution in [3.8, 4) is 11.3 Å². The molecule has 0 aromatic carbocycles. The number of fused-ring (bicyclic) bond motifs is 1. The fourth-order valence-corrected chi connectivity index (χ4v) is 3.80. The number of hydrogen-bond donors (Lipinski definition) is 2. The van der Waals surface area contributed by atoms with Crippen molar-refractivity contribution in [1.82, 2.24) is 19.9 Å². The van der Waals surface area contributed by atoms with E-state index < -0.39 is 11.7 Å². The van der Waals surface area contributed by atoms with Crippen LogP contribution < -0.4 is 9.88 Å². The monoisotopic (exact) mass is 422 g/mol. The smallest absolute Gasteiger partial charge is 0.389 e. The Labute approximate surface area is 168 Å². The van der Waals surface area contributed by atoms with Crippen molar-refractivity contribution in [3.63, 3.8) is 0 Å². The first-order valence-electron chi connectivity index (χ1n) is 9.37. The van der Waals surface area contributed by atoms with Gasteiger partial charge >= 0.3 is 6.18 Å². The molecule has 0 bridgehead atoms. The molecule has 2 N–H and O–H groups in total. The van der Waals surface area contributed by atoms with Crippen molar-refractivity contribution in [3.05, 3.63) is 30.1 Å². The van der Waals surface area contributed by atoms with Crippen LogP contribution >= 0.6 is 0 Å².